The lowest BCUT2D eigenvalue weighted by Crippen LogP contribution is -2.47. The standard InChI is InChI=1S/C15H18N4O/c20-15(13-6-11-1-3-16-14(11)7-17-13)18-12-5-10-2-4-19(8-10)9-12/h1,3,6-7,10,12,16H,2,4-5,8-9H2,(H,18,20)/t10?,12-/m1/s1. The lowest BCUT2D eigenvalue weighted by Gasteiger charge is -2.30. The highest BCUT2D eigenvalue weighted by Gasteiger charge is 2.33. The lowest BCUT2D eigenvalue weighted by molar-refractivity contribution is 0.0904. The highest BCUT2D eigenvalue weighted by Crippen LogP contribution is 2.26. The monoisotopic (exact) mass is 270 g/mol. The molecule has 0 aromatic carbocycles. The zero-order chi connectivity index (χ0) is 13.5. The molecule has 0 spiro atoms. The van der Waals surface area contributed by atoms with Crippen LogP contribution in [0.15, 0.2) is 24.5 Å². The van der Waals surface area contributed by atoms with E-state index < -0.39 is 0 Å². The molecule has 104 valence electrons. The maximum atomic E-state index is 12.3. The van der Waals surface area contributed by atoms with Crippen molar-refractivity contribution in [3.63, 3.8) is 0 Å². The third kappa shape index (κ3) is 2.08. The molecule has 2 fully saturated rings. The molecule has 5 heteroatoms. The minimum Gasteiger partial charge on any atom is -0.360 e. The Hall–Kier alpha value is -1.88. The van der Waals surface area contributed by atoms with Crippen molar-refractivity contribution in [1.29, 1.82) is 0 Å². The number of hydrogen-bond donors (Lipinski definition) is 2. The summed E-state index contributed by atoms with van der Waals surface area (Å²) in [6.07, 6.45) is 5.97. The normalized spacial score (nSPS) is 28.7. The molecule has 2 aliphatic heterocycles. The second-order valence-electron chi connectivity index (χ2n) is 5.95. The van der Waals surface area contributed by atoms with Crippen LogP contribution in [0.5, 0.6) is 0 Å². The molecule has 2 N–H and O–H groups in total. The van der Waals surface area contributed by atoms with Gasteiger partial charge in [-0.05, 0) is 37.4 Å². The minimum absolute atomic E-state index is 0.0550. The van der Waals surface area contributed by atoms with Crippen LogP contribution in [0.2, 0.25) is 0 Å². The fourth-order valence-corrected chi connectivity index (χ4v) is 3.50. The van der Waals surface area contributed by atoms with Crippen LogP contribution < -0.4 is 5.32 Å². The van der Waals surface area contributed by atoms with Gasteiger partial charge in [-0.15, -0.1) is 0 Å². The Balaban J connectivity index is 1.49. The van der Waals surface area contributed by atoms with Crippen molar-refractivity contribution in [1.82, 2.24) is 20.2 Å². The number of piperidine rings is 1. The largest absolute Gasteiger partial charge is 0.360 e. The molecule has 2 aromatic heterocycles. The van der Waals surface area contributed by atoms with Gasteiger partial charge in [0.1, 0.15) is 5.69 Å². The number of amides is 1. The lowest BCUT2D eigenvalue weighted by atomic mass is 9.97. The van der Waals surface area contributed by atoms with Gasteiger partial charge in [-0.25, -0.2) is 4.98 Å². The molecule has 0 aliphatic carbocycles. The van der Waals surface area contributed by atoms with Crippen LogP contribution in [0, 0.1) is 5.92 Å². The summed E-state index contributed by atoms with van der Waals surface area (Å²) in [4.78, 5) is 22.1. The summed E-state index contributed by atoms with van der Waals surface area (Å²) in [5.74, 6) is 0.703. The predicted molar refractivity (Wildman–Crippen MR) is 76.5 cm³/mol. The zero-order valence-corrected chi connectivity index (χ0v) is 11.3. The topological polar surface area (TPSA) is 61.0 Å². The number of hydrogen-bond acceptors (Lipinski definition) is 3. The van der Waals surface area contributed by atoms with Gasteiger partial charge in [0, 0.05) is 30.7 Å². The number of carbonyl (C=O) groups is 1. The molecule has 0 radical (unpaired) electrons. The van der Waals surface area contributed by atoms with E-state index in [-0.39, 0.29) is 11.9 Å². The molecule has 2 unspecified atom stereocenters. The average molecular weight is 270 g/mol. The molecule has 5 nitrogen and oxygen atoms in total. The number of aromatic amines is 1. The first-order valence-corrected chi connectivity index (χ1v) is 7.24. The number of fused-ring (bicyclic) bond motifs is 3. The molecule has 1 amide bonds. The van der Waals surface area contributed by atoms with Gasteiger partial charge in [0.25, 0.3) is 5.91 Å². The van der Waals surface area contributed by atoms with Gasteiger partial charge in [-0.2, -0.15) is 0 Å². The van der Waals surface area contributed by atoms with Crippen molar-refractivity contribution in [2.24, 2.45) is 5.92 Å². The van der Waals surface area contributed by atoms with Gasteiger partial charge in [-0.1, -0.05) is 0 Å². The van der Waals surface area contributed by atoms with Gasteiger partial charge in [0.05, 0.1) is 11.7 Å². The number of nitrogens with zero attached hydrogens (tertiary/aromatic N) is 2. The van der Waals surface area contributed by atoms with Crippen molar-refractivity contribution >= 4 is 16.8 Å². The van der Waals surface area contributed by atoms with Gasteiger partial charge >= 0.3 is 0 Å². The second-order valence-corrected chi connectivity index (χ2v) is 5.95. The molecule has 2 aliphatic rings. The summed E-state index contributed by atoms with van der Waals surface area (Å²) in [7, 11) is 0. The number of H-pyrrole nitrogens is 1. The fraction of sp³-hybridized carbons (Fsp3) is 0.467. The van der Waals surface area contributed by atoms with Crippen LogP contribution in [0.3, 0.4) is 0 Å². The maximum Gasteiger partial charge on any atom is 0.270 e. The van der Waals surface area contributed by atoms with Gasteiger partial charge in [0.15, 0.2) is 0 Å². The Kier molecular flexibility index (Phi) is 2.73. The van der Waals surface area contributed by atoms with E-state index in [1.807, 2.05) is 18.3 Å². The molecular weight excluding hydrogens is 252 g/mol. The number of rotatable bonds is 2. The summed E-state index contributed by atoms with van der Waals surface area (Å²) in [6, 6.07) is 4.08. The first-order chi connectivity index (χ1) is 9.78. The smallest absolute Gasteiger partial charge is 0.270 e. The Morgan fingerprint density at radius 3 is 3.30 bits per heavy atom. The van der Waals surface area contributed by atoms with Gasteiger partial charge < -0.3 is 15.2 Å². The molecular formula is C15H18N4O. The van der Waals surface area contributed by atoms with Crippen molar-refractivity contribution in [3.8, 4) is 0 Å². The van der Waals surface area contributed by atoms with Crippen LogP contribution in [-0.4, -0.2) is 46.5 Å². The molecule has 20 heavy (non-hydrogen) atoms. The third-order valence-electron chi connectivity index (χ3n) is 4.47. The zero-order valence-electron chi connectivity index (χ0n) is 11.3. The molecule has 4 rings (SSSR count). The van der Waals surface area contributed by atoms with Gasteiger partial charge in [-0.3, -0.25) is 4.79 Å². The van der Waals surface area contributed by atoms with E-state index in [1.54, 1.807) is 6.20 Å². The summed E-state index contributed by atoms with van der Waals surface area (Å²) in [5.41, 5.74) is 1.47. The Morgan fingerprint density at radius 1 is 1.45 bits per heavy atom. The van der Waals surface area contributed by atoms with Gasteiger partial charge in [0.2, 0.25) is 0 Å². The summed E-state index contributed by atoms with van der Waals surface area (Å²) < 4.78 is 0. The average Bonchev–Trinajstić information content (AvgIpc) is 3.04. The van der Waals surface area contributed by atoms with Crippen molar-refractivity contribution in [2.45, 2.75) is 18.9 Å². The summed E-state index contributed by atoms with van der Waals surface area (Å²) in [5, 5.41) is 4.17. The van der Waals surface area contributed by atoms with Crippen LogP contribution in [0.1, 0.15) is 23.3 Å². The van der Waals surface area contributed by atoms with Crippen LogP contribution in [0.25, 0.3) is 10.9 Å². The second kappa shape index (κ2) is 4.59. The van der Waals surface area contributed by atoms with E-state index in [1.165, 1.54) is 19.5 Å². The van der Waals surface area contributed by atoms with Crippen molar-refractivity contribution < 1.29 is 4.79 Å². The van der Waals surface area contributed by atoms with E-state index in [0.29, 0.717) is 5.69 Å². The number of aromatic nitrogens is 2. The summed E-state index contributed by atoms with van der Waals surface area (Å²) in [6.45, 7) is 3.37. The first-order valence-electron chi connectivity index (χ1n) is 7.24. The Bertz CT molecular complexity index is 638. The Morgan fingerprint density at radius 2 is 2.40 bits per heavy atom. The van der Waals surface area contributed by atoms with Crippen molar-refractivity contribution in [2.75, 3.05) is 19.6 Å². The van der Waals surface area contributed by atoms with E-state index in [2.05, 4.69) is 20.2 Å². The predicted octanol–water partition coefficient (Wildman–Crippen LogP) is 1.39. The molecule has 2 saturated heterocycles. The van der Waals surface area contributed by atoms with Crippen LogP contribution in [-0.2, 0) is 0 Å². The summed E-state index contributed by atoms with van der Waals surface area (Å²) >= 11 is 0. The fourth-order valence-electron chi connectivity index (χ4n) is 3.50. The highest BCUT2D eigenvalue weighted by atomic mass is 16.1. The van der Waals surface area contributed by atoms with Crippen LogP contribution in [0.4, 0.5) is 0 Å². The highest BCUT2D eigenvalue weighted by molar-refractivity contribution is 5.95. The molecule has 2 aromatic rings. The van der Waals surface area contributed by atoms with E-state index in [9.17, 15) is 4.79 Å². The van der Waals surface area contributed by atoms with E-state index in [4.69, 9.17) is 0 Å². The first kappa shape index (κ1) is 11.9. The van der Waals surface area contributed by atoms with Crippen molar-refractivity contribution in [3.05, 3.63) is 30.2 Å². The maximum absolute atomic E-state index is 12.3. The Labute approximate surface area is 117 Å². The quantitative estimate of drug-likeness (QED) is 0.867. The number of carbonyl (C=O) groups excluding carboxylic acids is 1. The van der Waals surface area contributed by atoms with E-state index in [0.717, 1.165) is 29.8 Å². The molecule has 2 bridgehead atoms. The molecule has 4 heterocycles. The SMILES string of the molecule is O=C(N[C@@H]1CC2CCN(C2)C1)c1cc2cc[nH]c2cn1. The minimum atomic E-state index is -0.0550. The third-order valence-corrected chi connectivity index (χ3v) is 4.47. The van der Waals surface area contributed by atoms with E-state index >= 15 is 0 Å². The molecule has 3 atom stereocenters. The van der Waals surface area contributed by atoms with Crippen LogP contribution >= 0.6 is 0 Å². The number of nitrogens with one attached hydrogen (secondary N) is 2. The number of pyridine rings is 1. The molecule has 0 saturated carbocycles.